The zero-order chi connectivity index (χ0) is 29.8. The molecule has 8 nitrogen and oxygen atoms in total. The van der Waals surface area contributed by atoms with Gasteiger partial charge in [0.2, 0.25) is 0 Å². The van der Waals surface area contributed by atoms with Crippen LogP contribution in [0.5, 0.6) is 0 Å². The van der Waals surface area contributed by atoms with E-state index in [0.717, 1.165) is 62.1 Å². The second-order valence-corrected chi connectivity index (χ2v) is 12.3. The maximum atomic E-state index is 13.4. The number of amides is 2. The number of rotatable bonds is 8. The van der Waals surface area contributed by atoms with Crippen LogP contribution in [0.25, 0.3) is 11.1 Å². The normalized spacial score (nSPS) is 21.3. The highest BCUT2D eigenvalue weighted by molar-refractivity contribution is 6.00. The van der Waals surface area contributed by atoms with E-state index >= 15 is 0 Å². The van der Waals surface area contributed by atoms with Crippen LogP contribution in [0.2, 0.25) is 0 Å². The van der Waals surface area contributed by atoms with Crippen LogP contribution < -0.4 is 11.1 Å². The summed E-state index contributed by atoms with van der Waals surface area (Å²) in [5.41, 5.74) is 11.2. The summed E-state index contributed by atoms with van der Waals surface area (Å²) in [6.07, 6.45) is 9.65. The molecule has 3 N–H and O–H groups in total. The number of hydrogen-bond acceptors (Lipinski definition) is 6. The summed E-state index contributed by atoms with van der Waals surface area (Å²) in [5, 5.41) is 3.16. The van der Waals surface area contributed by atoms with Gasteiger partial charge in [-0.15, -0.1) is 0 Å². The van der Waals surface area contributed by atoms with E-state index in [0.29, 0.717) is 23.8 Å². The van der Waals surface area contributed by atoms with Gasteiger partial charge >= 0.3 is 0 Å². The summed E-state index contributed by atoms with van der Waals surface area (Å²) in [7, 11) is 0. The van der Waals surface area contributed by atoms with Crippen LogP contribution in [-0.4, -0.2) is 71.0 Å². The van der Waals surface area contributed by atoms with Crippen molar-refractivity contribution in [3.8, 4) is 11.1 Å². The number of aromatic nitrogens is 1. The standard InChI is InChI=1S/C35H43N5O3/c1-24-6-4-7-25(20-24)23-43-32-11-5-10-31(32)38-34(41)30-21-28(22-37-33(30)36)26-12-14-27(15-13-26)35(42)40-18-16-39(17-19-40)29-8-2-3-9-29/h4,6-7,12-15,20-22,29,31-32H,2-3,5,8-11,16-19,23H2,1H3,(H2,36,37)(H,38,41)/t31-,32-/m0/s1. The molecule has 1 aliphatic heterocycles. The molecule has 3 aromatic rings. The molecule has 8 heteroatoms. The van der Waals surface area contributed by atoms with Gasteiger partial charge in [0.25, 0.3) is 11.8 Å². The summed E-state index contributed by atoms with van der Waals surface area (Å²) in [6.45, 7) is 6.05. The number of carbonyl (C=O) groups is 2. The van der Waals surface area contributed by atoms with E-state index in [1.807, 2.05) is 35.2 Å². The molecule has 0 unspecified atom stereocenters. The van der Waals surface area contributed by atoms with Crippen LogP contribution in [0, 0.1) is 6.92 Å². The lowest BCUT2D eigenvalue weighted by Gasteiger charge is -2.38. The fourth-order valence-electron chi connectivity index (χ4n) is 6.90. The van der Waals surface area contributed by atoms with Crippen molar-refractivity contribution in [3.05, 3.63) is 83.0 Å². The van der Waals surface area contributed by atoms with Crippen LogP contribution in [0.4, 0.5) is 5.82 Å². The Morgan fingerprint density at radius 2 is 1.70 bits per heavy atom. The first-order valence-electron chi connectivity index (χ1n) is 15.8. The highest BCUT2D eigenvalue weighted by Crippen LogP contribution is 2.27. The van der Waals surface area contributed by atoms with Crippen molar-refractivity contribution in [2.75, 3.05) is 31.9 Å². The maximum absolute atomic E-state index is 13.4. The predicted molar refractivity (Wildman–Crippen MR) is 169 cm³/mol. The van der Waals surface area contributed by atoms with Crippen LogP contribution in [-0.2, 0) is 11.3 Å². The third-order valence-electron chi connectivity index (χ3n) is 9.39. The zero-order valence-corrected chi connectivity index (χ0v) is 25.1. The highest BCUT2D eigenvalue weighted by atomic mass is 16.5. The molecule has 2 heterocycles. The smallest absolute Gasteiger partial charge is 0.255 e. The minimum Gasteiger partial charge on any atom is -0.383 e. The molecule has 226 valence electrons. The number of nitrogens with two attached hydrogens (primary N) is 1. The molecular weight excluding hydrogens is 538 g/mol. The zero-order valence-electron chi connectivity index (χ0n) is 25.1. The Hall–Kier alpha value is -3.75. The minimum absolute atomic E-state index is 0.0439. The lowest BCUT2D eigenvalue weighted by molar-refractivity contribution is 0.0272. The van der Waals surface area contributed by atoms with E-state index in [9.17, 15) is 9.59 Å². The topological polar surface area (TPSA) is 101 Å². The van der Waals surface area contributed by atoms with E-state index in [1.165, 1.54) is 31.2 Å². The monoisotopic (exact) mass is 581 g/mol. The van der Waals surface area contributed by atoms with Gasteiger partial charge in [-0.3, -0.25) is 14.5 Å². The molecule has 2 saturated carbocycles. The lowest BCUT2D eigenvalue weighted by atomic mass is 10.0. The Kier molecular flexibility index (Phi) is 9.05. The molecule has 0 bridgehead atoms. The molecule has 2 amide bonds. The number of hydrogen-bond donors (Lipinski definition) is 2. The van der Waals surface area contributed by atoms with Crippen molar-refractivity contribution >= 4 is 17.6 Å². The molecule has 3 aliphatic rings. The molecule has 2 aromatic carbocycles. The average molecular weight is 582 g/mol. The molecule has 1 aromatic heterocycles. The number of nitrogens with zero attached hydrogens (tertiary/aromatic N) is 3. The Balaban J connectivity index is 1.06. The summed E-state index contributed by atoms with van der Waals surface area (Å²) < 4.78 is 6.22. The first-order chi connectivity index (χ1) is 20.9. The van der Waals surface area contributed by atoms with Gasteiger partial charge in [0.1, 0.15) is 5.82 Å². The summed E-state index contributed by atoms with van der Waals surface area (Å²) in [6, 6.07) is 18.3. The fraction of sp³-hybridized carbons (Fsp3) is 0.457. The number of nitrogens with one attached hydrogen (secondary N) is 1. The van der Waals surface area contributed by atoms with Crippen LogP contribution >= 0.6 is 0 Å². The first-order valence-corrected chi connectivity index (χ1v) is 15.8. The summed E-state index contributed by atoms with van der Waals surface area (Å²) in [5.74, 6) is 0.0234. The highest BCUT2D eigenvalue weighted by Gasteiger charge is 2.31. The Bertz CT molecular complexity index is 1430. The van der Waals surface area contributed by atoms with Gasteiger partial charge in [-0.2, -0.15) is 0 Å². The van der Waals surface area contributed by atoms with E-state index < -0.39 is 0 Å². The third kappa shape index (κ3) is 6.92. The van der Waals surface area contributed by atoms with Crippen LogP contribution in [0.1, 0.15) is 76.8 Å². The number of ether oxygens (including phenoxy) is 1. The SMILES string of the molecule is Cc1cccc(CO[C@H]2CCC[C@@H]2NC(=O)c2cc(-c3ccc(C(=O)N4CCN(C5CCCC5)CC4)cc3)cnc2N)c1. The molecule has 1 saturated heterocycles. The van der Waals surface area contributed by atoms with Gasteiger partial charge in [-0.1, -0.05) is 54.8 Å². The van der Waals surface area contributed by atoms with E-state index in [-0.39, 0.29) is 29.8 Å². The van der Waals surface area contributed by atoms with Gasteiger partial charge in [-0.25, -0.2) is 4.98 Å². The molecule has 0 radical (unpaired) electrons. The van der Waals surface area contributed by atoms with Crippen molar-refractivity contribution in [2.45, 2.75) is 76.7 Å². The van der Waals surface area contributed by atoms with Gasteiger partial charge < -0.3 is 20.7 Å². The fourth-order valence-corrected chi connectivity index (χ4v) is 6.90. The van der Waals surface area contributed by atoms with E-state index in [1.54, 1.807) is 12.3 Å². The molecule has 3 fully saturated rings. The van der Waals surface area contributed by atoms with Crippen molar-refractivity contribution in [2.24, 2.45) is 0 Å². The largest absolute Gasteiger partial charge is 0.383 e. The van der Waals surface area contributed by atoms with Crippen LogP contribution in [0.3, 0.4) is 0 Å². The number of piperazine rings is 1. The second-order valence-electron chi connectivity index (χ2n) is 12.3. The first kappa shape index (κ1) is 29.3. The molecule has 6 rings (SSSR count). The predicted octanol–water partition coefficient (Wildman–Crippen LogP) is 5.21. The summed E-state index contributed by atoms with van der Waals surface area (Å²) >= 11 is 0. The second kappa shape index (κ2) is 13.3. The van der Waals surface area contributed by atoms with Crippen LogP contribution in [0.15, 0.2) is 60.8 Å². The lowest BCUT2D eigenvalue weighted by Crippen LogP contribution is -2.51. The molecular formula is C35H43N5O3. The van der Waals surface area contributed by atoms with Crippen molar-refractivity contribution in [3.63, 3.8) is 0 Å². The minimum atomic E-state index is -0.244. The number of carbonyl (C=O) groups excluding carboxylic acids is 2. The van der Waals surface area contributed by atoms with Gasteiger partial charge in [0.15, 0.2) is 0 Å². The van der Waals surface area contributed by atoms with Gasteiger partial charge in [0.05, 0.1) is 24.3 Å². The quantitative estimate of drug-likeness (QED) is 0.379. The van der Waals surface area contributed by atoms with E-state index in [2.05, 4.69) is 40.3 Å². The Morgan fingerprint density at radius 3 is 2.44 bits per heavy atom. The molecule has 43 heavy (non-hydrogen) atoms. The number of benzene rings is 2. The van der Waals surface area contributed by atoms with Gasteiger partial charge in [-0.05, 0) is 68.4 Å². The number of pyridine rings is 1. The van der Waals surface area contributed by atoms with E-state index in [4.69, 9.17) is 10.5 Å². The number of anilines is 1. The molecule has 0 spiro atoms. The average Bonchev–Trinajstić information content (AvgIpc) is 3.73. The van der Waals surface area contributed by atoms with Gasteiger partial charge in [0, 0.05) is 49.5 Å². The number of aryl methyl sites for hydroxylation is 1. The molecule has 2 atom stereocenters. The van der Waals surface area contributed by atoms with Crippen molar-refractivity contribution in [1.29, 1.82) is 0 Å². The number of nitrogen functional groups attached to an aromatic ring is 1. The third-order valence-corrected chi connectivity index (χ3v) is 9.39. The Morgan fingerprint density at radius 1 is 0.930 bits per heavy atom. The van der Waals surface area contributed by atoms with Crippen molar-refractivity contribution in [1.82, 2.24) is 20.1 Å². The summed E-state index contributed by atoms with van der Waals surface area (Å²) in [4.78, 5) is 35.4. The van der Waals surface area contributed by atoms with Crippen molar-refractivity contribution < 1.29 is 14.3 Å². The molecule has 2 aliphatic carbocycles. The Labute approximate surface area is 254 Å². The maximum Gasteiger partial charge on any atom is 0.255 e.